The standard InChI is InChI=1S/C33H24N2/c1-2-8-24-23(7-1)30(16-21-14-13-20-15-29(20)31(21)24)33-27-11-5-3-9-25(27)32(22-17-34-19-35-18-22)26-10-4-6-12-28(26)33/h1-3,5,7-14,16-20,29H,4,6,15H2. The Morgan fingerprint density at radius 3 is 2.14 bits per heavy atom. The van der Waals surface area contributed by atoms with Crippen molar-refractivity contribution in [3.05, 3.63) is 101 Å². The van der Waals surface area contributed by atoms with E-state index in [1.54, 1.807) is 11.9 Å². The minimum Gasteiger partial charge on any atom is -0.244 e. The zero-order valence-electron chi connectivity index (χ0n) is 19.4. The number of hydrogen-bond donors (Lipinski definition) is 0. The summed E-state index contributed by atoms with van der Waals surface area (Å²) >= 11 is 0. The van der Waals surface area contributed by atoms with Crippen LogP contribution in [0.1, 0.15) is 36.3 Å². The first-order valence-electron chi connectivity index (χ1n) is 12.6. The van der Waals surface area contributed by atoms with Crippen LogP contribution < -0.4 is 10.4 Å². The lowest BCUT2D eigenvalue weighted by molar-refractivity contribution is 1.01. The van der Waals surface area contributed by atoms with Gasteiger partial charge in [-0.2, -0.15) is 0 Å². The van der Waals surface area contributed by atoms with Crippen LogP contribution in [-0.2, 0) is 0 Å². The number of fused-ring (bicyclic) bond motifs is 7. The molecule has 1 heterocycles. The SMILES string of the molecule is C1=CC2CC2c2c1cc(-c1c3c(c(-c4cncnc4)c4ccccc14)=CCCC=3)c1ccccc21. The average molecular weight is 449 g/mol. The van der Waals surface area contributed by atoms with Crippen LogP contribution in [0.5, 0.6) is 0 Å². The molecule has 0 saturated heterocycles. The van der Waals surface area contributed by atoms with Gasteiger partial charge in [-0.3, -0.25) is 0 Å². The zero-order valence-corrected chi connectivity index (χ0v) is 19.4. The molecule has 35 heavy (non-hydrogen) atoms. The Morgan fingerprint density at radius 2 is 1.37 bits per heavy atom. The van der Waals surface area contributed by atoms with E-state index in [4.69, 9.17) is 0 Å². The topological polar surface area (TPSA) is 25.8 Å². The van der Waals surface area contributed by atoms with Crippen molar-refractivity contribution in [2.24, 2.45) is 5.92 Å². The van der Waals surface area contributed by atoms with Gasteiger partial charge in [0.15, 0.2) is 0 Å². The maximum atomic E-state index is 4.35. The van der Waals surface area contributed by atoms with Gasteiger partial charge in [-0.15, -0.1) is 0 Å². The molecule has 1 fully saturated rings. The van der Waals surface area contributed by atoms with E-state index in [2.05, 4.69) is 88.9 Å². The summed E-state index contributed by atoms with van der Waals surface area (Å²) in [5.74, 6) is 1.43. The summed E-state index contributed by atoms with van der Waals surface area (Å²) in [6, 6.07) is 20.4. The highest BCUT2D eigenvalue weighted by atomic mass is 14.8. The summed E-state index contributed by atoms with van der Waals surface area (Å²) in [6.45, 7) is 0. The molecule has 5 aromatic rings. The molecule has 0 radical (unpaired) electrons. The molecule has 2 unspecified atom stereocenters. The number of nitrogens with zero attached hydrogens (tertiary/aromatic N) is 2. The second-order valence-electron chi connectivity index (χ2n) is 10.1. The molecule has 1 aromatic heterocycles. The van der Waals surface area contributed by atoms with Crippen molar-refractivity contribution in [1.29, 1.82) is 0 Å². The summed E-state index contributed by atoms with van der Waals surface area (Å²) in [7, 11) is 0. The van der Waals surface area contributed by atoms with E-state index in [0.717, 1.165) is 24.3 Å². The fourth-order valence-corrected chi connectivity index (χ4v) is 6.55. The summed E-state index contributed by atoms with van der Waals surface area (Å²) in [5.41, 5.74) is 7.99. The second kappa shape index (κ2) is 7.23. The normalized spacial score (nSPS) is 19.4. The Labute approximate surface area is 204 Å². The van der Waals surface area contributed by atoms with E-state index < -0.39 is 0 Å². The maximum absolute atomic E-state index is 4.35. The molecule has 0 amide bonds. The van der Waals surface area contributed by atoms with Crippen LogP contribution in [0, 0.1) is 5.92 Å². The third-order valence-corrected chi connectivity index (χ3v) is 8.13. The predicted octanol–water partition coefficient (Wildman–Crippen LogP) is 6.60. The predicted molar refractivity (Wildman–Crippen MR) is 145 cm³/mol. The zero-order chi connectivity index (χ0) is 22.9. The molecule has 4 aromatic carbocycles. The highest BCUT2D eigenvalue weighted by Gasteiger charge is 2.40. The van der Waals surface area contributed by atoms with E-state index in [-0.39, 0.29) is 0 Å². The minimum absolute atomic E-state index is 0.694. The van der Waals surface area contributed by atoms with Crippen LogP contribution in [0.4, 0.5) is 0 Å². The Hall–Kier alpha value is -4.04. The number of hydrogen-bond acceptors (Lipinski definition) is 2. The fraction of sp³-hybridized carbons (Fsp3) is 0.152. The fourth-order valence-electron chi connectivity index (χ4n) is 6.55. The molecular weight excluding hydrogens is 424 g/mol. The van der Waals surface area contributed by atoms with Crippen molar-refractivity contribution >= 4 is 39.8 Å². The van der Waals surface area contributed by atoms with E-state index in [9.17, 15) is 0 Å². The van der Waals surface area contributed by atoms with Crippen LogP contribution in [-0.4, -0.2) is 9.97 Å². The van der Waals surface area contributed by atoms with Crippen molar-refractivity contribution in [2.45, 2.75) is 25.2 Å². The first kappa shape index (κ1) is 19.3. The lowest BCUT2D eigenvalue weighted by atomic mass is 9.82. The molecule has 0 bridgehead atoms. The molecule has 1 saturated carbocycles. The summed E-state index contributed by atoms with van der Waals surface area (Å²) in [4.78, 5) is 8.71. The lowest BCUT2D eigenvalue weighted by Crippen LogP contribution is -2.31. The highest BCUT2D eigenvalue weighted by Crippen LogP contribution is 2.55. The first-order chi connectivity index (χ1) is 17.4. The smallest absolute Gasteiger partial charge is 0.115 e. The van der Waals surface area contributed by atoms with Gasteiger partial charge in [-0.1, -0.05) is 72.8 Å². The molecular formula is C33H24N2. The van der Waals surface area contributed by atoms with Crippen LogP contribution >= 0.6 is 0 Å². The van der Waals surface area contributed by atoms with Gasteiger partial charge in [0, 0.05) is 23.5 Å². The Kier molecular flexibility index (Phi) is 3.98. The molecule has 0 spiro atoms. The molecule has 166 valence electrons. The highest BCUT2D eigenvalue weighted by molar-refractivity contribution is 6.11. The number of allylic oxidation sites excluding steroid dienone is 1. The molecule has 2 heteroatoms. The van der Waals surface area contributed by atoms with Gasteiger partial charge in [0.2, 0.25) is 0 Å². The number of aromatic nitrogens is 2. The molecule has 0 N–H and O–H groups in total. The molecule has 2 atom stereocenters. The third kappa shape index (κ3) is 2.77. The monoisotopic (exact) mass is 448 g/mol. The van der Waals surface area contributed by atoms with Gasteiger partial charge in [0.1, 0.15) is 6.33 Å². The Bertz CT molecular complexity index is 1830. The average Bonchev–Trinajstić information content (AvgIpc) is 3.72. The number of rotatable bonds is 2. The van der Waals surface area contributed by atoms with Crippen molar-refractivity contribution in [2.75, 3.05) is 0 Å². The van der Waals surface area contributed by atoms with Crippen LogP contribution in [0.2, 0.25) is 0 Å². The first-order valence-corrected chi connectivity index (χ1v) is 12.6. The second-order valence-corrected chi connectivity index (χ2v) is 10.1. The summed E-state index contributed by atoms with van der Waals surface area (Å²) < 4.78 is 0. The van der Waals surface area contributed by atoms with Crippen LogP contribution in [0.15, 0.2) is 79.4 Å². The largest absolute Gasteiger partial charge is 0.244 e. The minimum atomic E-state index is 0.694. The van der Waals surface area contributed by atoms with Crippen molar-refractivity contribution in [1.82, 2.24) is 9.97 Å². The Morgan fingerprint density at radius 1 is 0.714 bits per heavy atom. The molecule has 3 aliphatic rings. The molecule has 0 aliphatic heterocycles. The van der Waals surface area contributed by atoms with Crippen molar-refractivity contribution < 1.29 is 0 Å². The van der Waals surface area contributed by atoms with Crippen molar-refractivity contribution in [3.63, 3.8) is 0 Å². The van der Waals surface area contributed by atoms with Gasteiger partial charge >= 0.3 is 0 Å². The van der Waals surface area contributed by atoms with E-state index in [1.165, 1.54) is 60.7 Å². The van der Waals surface area contributed by atoms with Crippen LogP contribution in [0.3, 0.4) is 0 Å². The molecule has 8 rings (SSSR count). The molecule has 2 nitrogen and oxygen atoms in total. The van der Waals surface area contributed by atoms with Crippen molar-refractivity contribution in [3.8, 4) is 22.3 Å². The number of benzene rings is 4. The lowest BCUT2D eigenvalue weighted by Gasteiger charge is -2.21. The third-order valence-electron chi connectivity index (χ3n) is 8.13. The Balaban J connectivity index is 1.56. The van der Waals surface area contributed by atoms with Gasteiger partial charge in [-0.25, -0.2) is 9.97 Å². The van der Waals surface area contributed by atoms with E-state index in [0.29, 0.717) is 5.92 Å². The van der Waals surface area contributed by atoms with Gasteiger partial charge in [0.05, 0.1) is 0 Å². The van der Waals surface area contributed by atoms with E-state index >= 15 is 0 Å². The van der Waals surface area contributed by atoms with E-state index in [1.807, 2.05) is 12.4 Å². The summed E-state index contributed by atoms with van der Waals surface area (Å²) in [5, 5.41) is 8.03. The van der Waals surface area contributed by atoms with Crippen LogP contribution in [0.25, 0.3) is 62.0 Å². The maximum Gasteiger partial charge on any atom is 0.115 e. The van der Waals surface area contributed by atoms with Gasteiger partial charge < -0.3 is 0 Å². The van der Waals surface area contributed by atoms with Gasteiger partial charge in [0.25, 0.3) is 0 Å². The van der Waals surface area contributed by atoms with Gasteiger partial charge in [-0.05, 0) is 91.4 Å². The molecule has 3 aliphatic carbocycles. The summed E-state index contributed by atoms with van der Waals surface area (Å²) in [6.07, 6.45) is 18.6. The quantitative estimate of drug-likeness (QED) is 0.304.